The van der Waals surface area contributed by atoms with E-state index in [4.69, 9.17) is 5.73 Å². The summed E-state index contributed by atoms with van der Waals surface area (Å²) in [4.78, 5) is 29.8. The van der Waals surface area contributed by atoms with Crippen LogP contribution in [0.1, 0.15) is 23.0 Å². The molecule has 2 rings (SSSR count). The van der Waals surface area contributed by atoms with Gasteiger partial charge in [-0.25, -0.2) is 4.98 Å². The van der Waals surface area contributed by atoms with Crippen LogP contribution in [0.3, 0.4) is 0 Å². The van der Waals surface area contributed by atoms with E-state index in [9.17, 15) is 9.59 Å². The number of rotatable bonds is 3. The third-order valence-corrected chi connectivity index (χ3v) is 3.79. The van der Waals surface area contributed by atoms with Gasteiger partial charge in [0.25, 0.3) is 5.91 Å². The number of aromatic nitrogens is 1. The fourth-order valence-electron chi connectivity index (χ4n) is 1.83. The molecule has 0 spiro atoms. The number of nitrogen functional groups attached to an aromatic ring is 1. The first-order valence-electron chi connectivity index (χ1n) is 6.18. The number of carbonyl (C=O) groups is 2. The van der Waals surface area contributed by atoms with Gasteiger partial charge in [0.1, 0.15) is 10.7 Å². The molecule has 4 N–H and O–H groups in total. The fraction of sp³-hybridized carbons (Fsp3) is 0.545. The summed E-state index contributed by atoms with van der Waals surface area (Å²) in [6.07, 6.45) is 0.324. The van der Waals surface area contributed by atoms with Gasteiger partial charge in [0.15, 0.2) is 5.13 Å². The summed E-state index contributed by atoms with van der Waals surface area (Å²) in [5.74, 6) is 0.0612. The molecule has 1 fully saturated rings. The topological polar surface area (TPSA) is 100 Å². The highest BCUT2D eigenvalue weighted by molar-refractivity contribution is 7.18. The number of hydrogen-bond donors (Lipinski definition) is 3. The summed E-state index contributed by atoms with van der Waals surface area (Å²) in [5, 5.41) is 6.41. The lowest BCUT2D eigenvalue weighted by molar-refractivity contribution is -0.120. The molecule has 7 nitrogen and oxygen atoms in total. The molecule has 104 valence electrons. The predicted molar refractivity (Wildman–Crippen MR) is 74.2 cm³/mol. The normalized spacial score (nSPS) is 15.8. The zero-order valence-corrected chi connectivity index (χ0v) is 11.5. The van der Waals surface area contributed by atoms with Crippen LogP contribution in [0.5, 0.6) is 0 Å². The number of hydrogen-bond acceptors (Lipinski definition) is 6. The molecule has 1 aromatic heterocycles. The van der Waals surface area contributed by atoms with Crippen LogP contribution in [0.2, 0.25) is 0 Å². The molecule has 1 saturated heterocycles. The molecule has 0 aromatic carbocycles. The average Bonchev–Trinajstić information content (AvgIpc) is 2.59. The zero-order chi connectivity index (χ0) is 13.8. The highest BCUT2D eigenvalue weighted by Crippen LogP contribution is 2.26. The Balaban J connectivity index is 2.12. The second-order valence-electron chi connectivity index (χ2n) is 4.16. The molecule has 2 amide bonds. The van der Waals surface area contributed by atoms with Crippen molar-refractivity contribution in [3.63, 3.8) is 0 Å². The van der Waals surface area contributed by atoms with Gasteiger partial charge in [-0.1, -0.05) is 11.3 Å². The minimum absolute atomic E-state index is 0.0269. The van der Waals surface area contributed by atoms with E-state index >= 15 is 0 Å². The van der Waals surface area contributed by atoms with Gasteiger partial charge in [-0.15, -0.1) is 0 Å². The van der Waals surface area contributed by atoms with Gasteiger partial charge in [-0.2, -0.15) is 0 Å². The second-order valence-corrected chi connectivity index (χ2v) is 5.15. The van der Waals surface area contributed by atoms with Crippen LogP contribution in [0, 0.1) is 0 Å². The second kappa shape index (κ2) is 5.87. The fourth-order valence-corrected chi connectivity index (χ4v) is 2.75. The number of nitrogens with two attached hydrogens (primary N) is 1. The number of carbonyl (C=O) groups excluding carboxylic acids is 2. The molecule has 0 radical (unpaired) electrons. The third-order valence-electron chi connectivity index (χ3n) is 2.78. The molecule has 0 bridgehead atoms. The maximum absolute atomic E-state index is 12.3. The van der Waals surface area contributed by atoms with E-state index < -0.39 is 0 Å². The lowest BCUT2D eigenvalue weighted by Gasteiger charge is -2.18. The Morgan fingerprint density at radius 1 is 1.58 bits per heavy atom. The third kappa shape index (κ3) is 3.14. The van der Waals surface area contributed by atoms with Crippen LogP contribution in [-0.4, -0.2) is 47.9 Å². The van der Waals surface area contributed by atoms with E-state index in [1.54, 1.807) is 4.90 Å². The standard InChI is InChI=1S/C11H17N5O2S/c1-2-13-11-15-9(12)8(19-11)10(18)16-5-3-7(17)14-4-6-16/h2-6,12H2,1H3,(H,13,15)(H,14,17). The summed E-state index contributed by atoms with van der Waals surface area (Å²) in [5.41, 5.74) is 5.77. The highest BCUT2D eigenvalue weighted by Gasteiger charge is 2.24. The summed E-state index contributed by atoms with van der Waals surface area (Å²) in [6, 6.07) is 0. The van der Waals surface area contributed by atoms with Gasteiger partial charge in [0.2, 0.25) is 5.91 Å². The summed E-state index contributed by atoms with van der Waals surface area (Å²) in [6.45, 7) is 4.06. The first-order valence-corrected chi connectivity index (χ1v) is 6.99. The Kier molecular flexibility index (Phi) is 4.20. The van der Waals surface area contributed by atoms with Crippen molar-refractivity contribution < 1.29 is 9.59 Å². The van der Waals surface area contributed by atoms with Crippen molar-refractivity contribution in [2.24, 2.45) is 0 Å². The lowest BCUT2D eigenvalue weighted by atomic mass is 10.3. The first-order chi connectivity index (χ1) is 9.11. The SMILES string of the molecule is CCNc1nc(N)c(C(=O)N2CCNC(=O)CC2)s1. The number of amides is 2. The Hall–Kier alpha value is -1.83. The van der Waals surface area contributed by atoms with Crippen molar-refractivity contribution in [1.29, 1.82) is 0 Å². The van der Waals surface area contributed by atoms with Crippen molar-refractivity contribution in [2.45, 2.75) is 13.3 Å². The summed E-state index contributed by atoms with van der Waals surface area (Å²) >= 11 is 1.25. The smallest absolute Gasteiger partial charge is 0.267 e. The van der Waals surface area contributed by atoms with Crippen LogP contribution in [0.25, 0.3) is 0 Å². The number of nitrogens with zero attached hydrogens (tertiary/aromatic N) is 2. The molecule has 0 unspecified atom stereocenters. The summed E-state index contributed by atoms with van der Waals surface area (Å²) < 4.78 is 0. The Morgan fingerprint density at radius 3 is 3.11 bits per heavy atom. The van der Waals surface area contributed by atoms with E-state index in [2.05, 4.69) is 15.6 Å². The van der Waals surface area contributed by atoms with Crippen molar-refractivity contribution in [2.75, 3.05) is 37.2 Å². The van der Waals surface area contributed by atoms with Crippen molar-refractivity contribution in [1.82, 2.24) is 15.2 Å². The number of thiazole rings is 1. The lowest BCUT2D eigenvalue weighted by Crippen LogP contribution is -2.34. The molecule has 1 aromatic rings. The average molecular weight is 283 g/mol. The molecule has 1 aliphatic heterocycles. The van der Waals surface area contributed by atoms with Crippen LogP contribution < -0.4 is 16.4 Å². The molecule has 0 saturated carbocycles. The van der Waals surface area contributed by atoms with E-state index in [1.165, 1.54) is 11.3 Å². The Morgan fingerprint density at radius 2 is 2.37 bits per heavy atom. The van der Waals surface area contributed by atoms with Crippen LogP contribution in [0.4, 0.5) is 10.9 Å². The van der Waals surface area contributed by atoms with Gasteiger partial charge < -0.3 is 21.3 Å². The van der Waals surface area contributed by atoms with E-state index in [0.717, 1.165) is 6.54 Å². The van der Waals surface area contributed by atoms with E-state index in [1.807, 2.05) is 6.92 Å². The van der Waals surface area contributed by atoms with E-state index in [-0.39, 0.29) is 17.6 Å². The van der Waals surface area contributed by atoms with Crippen LogP contribution in [-0.2, 0) is 4.79 Å². The number of nitrogens with one attached hydrogen (secondary N) is 2. The molecule has 2 heterocycles. The maximum atomic E-state index is 12.3. The van der Waals surface area contributed by atoms with Crippen molar-refractivity contribution >= 4 is 34.1 Å². The van der Waals surface area contributed by atoms with Gasteiger partial charge >= 0.3 is 0 Å². The van der Waals surface area contributed by atoms with Crippen molar-refractivity contribution in [3.8, 4) is 0 Å². The van der Waals surface area contributed by atoms with E-state index in [0.29, 0.717) is 36.1 Å². The van der Waals surface area contributed by atoms with Crippen LogP contribution in [0.15, 0.2) is 0 Å². The minimum Gasteiger partial charge on any atom is -0.382 e. The molecule has 8 heteroatoms. The monoisotopic (exact) mass is 283 g/mol. The molecule has 0 aliphatic carbocycles. The zero-order valence-electron chi connectivity index (χ0n) is 10.7. The van der Waals surface area contributed by atoms with Gasteiger partial charge in [-0.05, 0) is 6.92 Å². The Bertz CT molecular complexity index is 487. The quantitative estimate of drug-likeness (QED) is 0.731. The first kappa shape index (κ1) is 13.6. The highest BCUT2D eigenvalue weighted by atomic mass is 32.1. The molecule has 19 heavy (non-hydrogen) atoms. The van der Waals surface area contributed by atoms with Gasteiger partial charge in [-0.3, -0.25) is 9.59 Å². The Labute approximate surface area is 115 Å². The van der Waals surface area contributed by atoms with Gasteiger partial charge in [0, 0.05) is 32.6 Å². The maximum Gasteiger partial charge on any atom is 0.267 e. The summed E-state index contributed by atoms with van der Waals surface area (Å²) in [7, 11) is 0. The molecular formula is C11H17N5O2S. The number of anilines is 2. The van der Waals surface area contributed by atoms with Gasteiger partial charge in [0.05, 0.1) is 0 Å². The minimum atomic E-state index is -0.157. The van der Waals surface area contributed by atoms with Crippen molar-refractivity contribution in [3.05, 3.63) is 4.88 Å². The van der Waals surface area contributed by atoms with Crippen LogP contribution >= 0.6 is 11.3 Å². The molecular weight excluding hydrogens is 266 g/mol. The molecule has 1 aliphatic rings. The largest absolute Gasteiger partial charge is 0.382 e. The predicted octanol–water partition coefficient (Wildman–Crippen LogP) is 0.119. The molecule has 0 atom stereocenters.